The third-order valence-corrected chi connectivity index (χ3v) is 1.64. The van der Waals surface area contributed by atoms with Gasteiger partial charge in [-0.15, -0.1) is 0 Å². The zero-order valence-corrected chi connectivity index (χ0v) is 7.16. The van der Waals surface area contributed by atoms with Gasteiger partial charge in [0.1, 0.15) is 0 Å². The Balaban J connectivity index is 2.53. The van der Waals surface area contributed by atoms with Crippen LogP contribution in [0.4, 0.5) is 0 Å². The van der Waals surface area contributed by atoms with Gasteiger partial charge in [0.25, 0.3) is 0 Å². The third-order valence-electron chi connectivity index (χ3n) is 1.64. The van der Waals surface area contributed by atoms with Crippen molar-refractivity contribution < 1.29 is 9.84 Å². The largest absolute Gasteiger partial charge is 0.390 e. The molecule has 0 aromatic carbocycles. The van der Waals surface area contributed by atoms with Crippen LogP contribution in [-0.2, 0) is 17.8 Å². The molecule has 0 saturated carbocycles. The maximum absolute atomic E-state index is 8.72. The first-order valence-corrected chi connectivity index (χ1v) is 3.90. The molecule has 0 unspecified atom stereocenters. The second kappa shape index (κ2) is 4.85. The summed E-state index contributed by atoms with van der Waals surface area (Å²) in [6.07, 6.45) is 2.64. The average molecular weight is 167 g/mol. The number of rotatable bonds is 4. The second-order valence-corrected chi connectivity index (χ2v) is 2.56. The van der Waals surface area contributed by atoms with Crippen LogP contribution in [0.5, 0.6) is 0 Å². The fourth-order valence-corrected chi connectivity index (χ4v) is 0.916. The molecule has 3 nitrogen and oxygen atoms in total. The van der Waals surface area contributed by atoms with Crippen LogP contribution in [0.15, 0.2) is 18.3 Å². The molecule has 0 amide bonds. The van der Waals surface area contributed by atoms with Crippen molar-refractivity contribution in [2.45, 2.75) is 13.0 Å². The number of methoxy groups -OCH3 is 1. The summed E-state index contributed by atoms with van der Waals surface area (Å²) in [5.74, 6) is 0. The lowest BCUT2D eigenvalue weighted by atomic mass is 10.2. The van der Waals surface area contributed by atoms with Gasteiger partial charge < -0.3 is 9.84 Å². The molecule has 1 heterocycles. The standard InChI is InChI=1S/C9H13NO2/c1-12-5-4-8-2-3-9(7-11)10-6-8/h2-3,6,11H,4-5,7H2,1H3. The number of hydrogen-bond acceptors (Lipinski definition) is 3. The fraction of sp³-hybridized carbons (Fsp3) is 0.444. The first-order chi connectivity index (χ1) is 5.86. The number of hydrogen-bond donors (Lipinski definition) is 1. The zero-order valence-electron chi connectivity index (χ0n) is 7.16. The molecule has 1 N–H and O–H groups in total. The van der Waals surface area contributed by atoms with E-state index in [1.165, 1.54) is 0 Å². The van der Waals surface area contributed by atoms with E-state index in [2.05, 4.69) is 4.98 Å². The van der Waals surface area contributed by atoms with Crippen molar-refractivity contribution in [2.24, 2.45) is 0 Å². The molecule has 3 heteroatoms. The minimum atomic E-state index is 0.00452. The summed E-state index contributed by atoms with van der Waals surface area (Å²) in [6, 6.07) is 3.78. The van der Waals surface area contributed by atoms with Crippen LogP contribution in [-0.4, -0.2) is 23.8 Å². The van der Waals surface area contributed by atoms with Gasteiger partial charge in [-0.1, -0.05) is 6.07 Å². The molecule has 0 aliphatic rings. The molecular formula is C9H13NO2. The molecule has 0 fully saturated rings. The highest BCUT2D eigenvalue weighted by molar-refractivity contribution is 5.13. The van der Waals surface area contributed by atoms with Crippen LogP contribution in [0.2, 0.25) is 0 Å². The third kappa shape index (κ3) is 2.60. The lowest BCUT2D eigenvalue weighted by molar-refractivity contribution is 0.202. The van der Waals surface area contributed by atoms with Crippen LogP contribution in [0.1, 0.15) is 11.3 Å². The van der Waals surface area contributed by atoms with E-state index in [0.717, 1.165) is 12.0 Å². The van der Waals surface area contributed by atoms with Crippen molar-refractivity contribution in [3.8, 4) is 0 Å². The van der Waals surface area contributed by atoms with Crippen molar-refractivity contribution in [2.75, 3.05) is 13.7 Å². The topological polar surface area (TPSA) is 42.4 Å². The Morgan fingerprint density at radius 2 is 2.33 bits per heavy atom. The highest BCUT2D eigenvalue weighted by atomic mass is 16.5. The van der Waals surface area contributed by atoms with Crippen LogP contribution in [0.3, 0.4) is 0 Å². The van der Waals surface area contributed by atoms with E-state index in [4.69, 9.17) is 9.84 Å². The Hall–Kier alpha value is -0.930. The first kappa shape index (κ1) is 9.16. The smallest absolute Gasteiger partial charge is 0.0852 e. The molecule has 0 atom stereocenters. The summed E-state index contributed by atoms with van der Waals surface area (Å²) < 4.78 is 4.93. The zero-order chi connectivity index (χ0) is 8.81. The first-order valence-electron chi connectivity index (χ1n) is 3.90. The van der Waals surface area contributed by atoms with Crippen molar-refractivity contribution in [1.29, 1.82) is 0 Å². The summed E-state index contributed by atoms with van der Waals surface area (Å²) in [6.45, 7) is 0.713. The number of aliphatic hydroxyl groups is 1. The number of aromatic nitrogens is 1. The van der Waals surface area contributed by atoms with Gasteiger partial charge in [-0.25, -0.2) is 0 Å². The quantitative estimate of drug-likeness (QED) is 0.720. The average Bonchev–Trinajstić information content (AvgIpc) is 2.15. The normalized spacial score (nSPS) is 10.2. The van der Waals surface area contributed by atoms with Gasteiger partial charge in [-0.3, -0.25) is 4.98 Å². The van der Waals surface area contributed by atoms with Crippen molar-refractivity contribution in [3.63, 3.8) is 0 Å². The van der Waals surface area contributed by atoms with Crippen LogP contribution >= 0.6 is 0 Å². The number of nitrogens with zero attached hydrogens (tertiary/aromatic N) is 1. The van der Waals surface area contributed by atoms with E-state index in [9.17, 15) is 0 Å². The van der Waals surface area contributed by atoms with E-state index in [0.29, 0.717) is 12.3 Å². The van der Waals surface area contributed by atoms with Gasteiger partial charge in [-0.05, 0) is 18.1 Å². The summed E-state index contributed by atoms with van der Waals surface area (Å²) in [5.41, 5.74) is 1.84. The minimum absolute atomic E-state index is 0.00452. The number of ether oxygens (including phenoxy) is 1. The lowest BCUT2D eigenvalue weighted by Crippen LogP contribution is -1.96. The van der Waals surface area contributed by atoms with Crippen molar-refractivity contribution in [3.05, 3.63) is 29.6 Å². The molecule has 0 spiro atoms. The van der Waals surface area contributed by atoms with E-state index >= 15 is 0 Å². The predicted octanol–water partition coefficient (Wildman–Crippen LogP) is 0.763. The van der Waals surface area contributed by atoms with Crippen molar-refractivity contribution >= 4 is 0 Å². The summed E-state index contributed by atoms with van der Waals surface area (Å²) >= 11 is 0. The van der Waals surface area contributed by atoms with E-state index < -0.39 is 0 Å². The predicted molar refractivity (Wildman–Crippen MR) is 45.7 cm³/mol. The Bertz CT molecular complexity index is 220. The van der Waals surface area contributed by atoms with Gasteiger partial charge >= 0.3 is 0 Å². The molecule has 12 heavy (non-hydrogen) atoms. The maximum Gasteiger partial charge on any atom is 0.0852 e. The van der Waals surface area contributed by atoms with E-state index in [1.54, 1.807) is 13.3 Å². The molecule has 1 rings (SSSR count). The Labute approximate surface area is 72.0 Å². The molecule has 66 valence electrons. The monoisotopic (exact) mass is 167 g/mol. The Kier molecular flexibility index (Phi) is 3.70. The minimum Gasteiger partial charge on any atom is -0.390 e. The van der Waals surface area contributed by atoms with Gasteiger partial charge in [0.2, 0.25) is 0 Å². The lowest BCUT2D eigenvalue weighted by Gasteiger charge is -2.00. The maximum atomic E-state index is 8.72. The molecule has 0 aliphatic carbocycles. The van der Waals surface area contributed by atoms with Gasteiger partial charge in [0.15, 0.2) is 0 Å². The fourth-order valence-electron chi connectivity index (χ4n) is 0.916. The summed E-state index contributed by atoms with van der Waals surface area (Å²) in [7, 11) is 1.68. The highest BCUT2D eigenvalue weighted by Gasteiger charge is 1.94. The molecule has 1 aromatic rings. The molecule has 0 radical (unpaired) electrons. The number of pyridine rings is 1. The molecule has 0 bridgehead atoms. The molecule has 0 aliphatic heterocycles. The van der Waals surface area contributed by atoms with Gasteiger partial charge in [-0.2, -0.15) is 0 Å². The van der Waals surface area contributed by atoms with Gasteiger partial charge in [0.05, 0.1) is 18.9 Å². The number of aliphatic hydroxyl groups excluding tert-OH is 1. The highest BCUT2D eigenvalue weighted by Crippen LogP contribution is 2.00. The van der Waals surface area contributed by atoms with Gasteiger partial charge in [0, 0.05) is 13.3 Å². The van der Waals surface area contributed by atoms with Crippen LogP contribution in [0.25, 0.3) is 0 Å². The summed E-state index contributed by atoms with van der Waals surface area (Å²) in [5, 5.41) is 8.72. The van der Waals surface area contributed by atoms with E-state index in [1.807, 2.05) is 12.1 Å². The van der Waals surface area contributed by atoms with Crippen LogP contribution < -0.4 is 0 Å². The molecule has 1 aromatic heterocycles. The van der Waals surface area contributed by atoms with E-state index in [-0.39, 0.29) is 6.61 Å². The molecular weight excluding hydrogens is 154 g/mol. The summed E-state index contributed by atoms with van der Waals surface area (Å²) in [4.78, 5) is 4.04. The van der Waals surface area contributed by atoms with Crippen LogP contribution in [0, 0.1) is 0 Å². The Morgan fingerprint density at radius 1 is 1.50 bits per heavy atom. The SMILES string of the molecule is COCCc1ccc(CO)nc1. The Morgan fingerprint density at radius 3 is 2.83 bits per heavy atom. The second-order valence-electron chi connectivity index (χ2n) is 2.56. The van der Waals surface area contributed by atoms with Crippen molar-refractivity contribution in [1.82, 2.24) is 4.98 Å². The molecule has 0 saturated heterocycles.